The van der Waals surface area contributed by atoms with Crippen molar-refractivity contribution >= 4 is 5.78 Å². The molecule has 0 radical (unpaired) electrons. The summed E-state index contributed by atoms with van der Waals surface area (Å²) in [5.74, 6) is 0.207. The minimum atomic E-state index is -4.39. The lowest BCUT2D eigenvalue weighted by molar-refractivity contribution is -0.137. The SMILES string of the molecule is O=C(Cc1ncc[nH]1)c1ccc(C(F)(F)F)cc1. The van der Waals surface area contributed by atoms with Gasteiger partial charge in [-0.25, -0.2) is 4.98 Å². The van der Waals surface area contributed by atoms with Crippen molar-refractivity contribution in [3.05, 3.63) is 53.6 Å². The number of alkyl halides is 3. The molecule has 94 valence electrons. The van der Waals surface area contributed by atoms with Gasteiger partial charge in [0.2, 0.25) is 0 Å². The summed E-state index contributed by atoms with van der Waals surface area (Å²) in [6.45, 7) is 0. The maximum atomic E-state index is 12.3. The topological polar surface area (TPSA) is 45.8 Å². The summed E-state index contributed by atoms with van der Waals surface area (Å²) >= 11 is 0. The molecule has 0 aliphatic rings. The number of nitrogens with one attached hydrogen (secondary N) is 1. The summed E-state index contributed by atoms with van der Waals surface area (Å²) in [6.07, 6.45) is -1.26. The van der Waals surface area contributed by atoms with Gasteiger partial charge >= 0.3 is 6.18 Å². The van der Waals surface area contributed by atoms with E-state index in [1.165, 1.54) is 18.3 Å². The number of hydrogen-bond acceptors (Lipinski definition) is 2. The quantitative estimate of drug-likeness (QED) is 0.856. The number of aromatic amines is 1. The number of nitrogens with zero attached hydrogens (tertiary/aromatic N) is 1. The Morgan fingerprint density at radius 1 is 1.22 bits per heavy atom. The first-order valence-corrected chi connectivity index (χ1v) is 5.15. The molecule has 1 N–H and O–H groups in total. The Bertz CT molecular complexity index is 529. The van der Waals surface area contributed by atoms with E-state index >= 15 is 0 Å². The zero-order valence-electron chi connectivity index (χ0n) is 9.16. The molecule has 0 aliphatic carbocycles. The smallest absolute Gasteiger partial charge is 0.348 e. The number of carbonyl (C=O) groups is 1. The van der Waals surface area contributed by atoms with Crippen LogP contribution in [0.1, 0.15) is 21.7 Å². The number of ketones is 1. The zero-order chi connectivity index (χ0) is 13.2. The first-order chi connectivity index (χ1) is 8.47. The highest BCUT2D eigenvalue weighted by Gasteiger charge is 2.30. The molecule has 18 heavy (non-hydrogen) atoms. The molecule has 3 nitrogen and oxygen atoms in total. The lowest BCUT2D eigenvalue weighted by Crippen LogP contribution is -2.08. The van der Waals surface area contributed by atoms with Gasteiger partial charge in [0, 0.05) is 18.0 Å². The van der Waals surface area contributed by atoms with Gasteiger partial charge in [0.1, 0.15) is 5.82 Å². The highest BCUT2D eigenvalue weighted by molar-refractivity contribution is 5.97. The molecule has 0 fully saturated rings. The highest BCUT2D eigenvalue weighted by Crippen LogP contribution is 2.29. The van der Waals surface area contributed by atoms with Crippen LogP contribution in [0.5, 0.6) is 0 Å². The molecule has 0 atom stereocenters. The predicted molar refractivity (Wildman–Crippen MR) is 58.1 cm³/mol. The van der Waals surface area contributed by atoms with Gasteiger partial charge in [0.15, 0.2) is 5.78 Å². The van der Waals surface area contributed by atoms with Gasteiger partial charge in [-0.3, -0.25) is 4.79 Å². The first kappa shape index (κ1) is 12.3. The number of aromatic nitrogens is 2. The summed E-state index contributed by atoms with van der Waals surface area (Å²) < 4.78 is 37.0. The monoisotopic (exact) mass is 254 g/mol. The first-order valence-electron chi connectivity index (χ1n) is 5.15. The summed E-state index contributed by atoms with van der Waals surface area (Å²) in [5, 5.41) is 0. The second-order valence-electron chi connectivity index (χ2n) is 3.71. The molecule has 0 aliphatic heterocycles. The third-order valence-electron chi connectivity index (χ3n) is 2.42. The van der Waals surface area contributed by atoms with Crippen LogP contribution >= 0.6 is 0 Å². The summed E-state index contributed by atoms with van der Waals surface area (Å²) in [5.41, 5.74) is -0.531. The molecule has 1 aromatic heterocycles. The Balaban J connectivity index is 2.12. The number of imidazole rings is 1. The molecule has 0 saturated heterocycles. The van der Waals surface area contributed by atoms with Gasteiger partial charge in [-0.05, 0) is 12.1 Å². The van der Waals surface area contributed by atoms with Crippen molar-refractivity contribution in [1.29, 1.82) is 0 Å². The van der Waals surface area contributed by atoms with E-state index in [1.54, 1.807) is 6.20 Å². The molecular formula is C12H9F3N2O. The zero-order valence-corrected chi connectivity index (χ0v) is 9.16. The second-order valence-corrected chi connectivity index (χ2v) is 3.71. The number of carbonyl (C=O) groups excluding carboxylic acids is 1. The van der Waals surface area contributed by atoms with Crippen molar-refractivity contribution in [2.45, 2.75) is 12.6 Å². The molecule has 0 spiro atoms. The largest absolute Gasteiger partial charge is 0.416 e. The molecule has 0 amide bonds. The van der Waals surface area contributed by atoms with Crippen LogP contribution in [0.15, 0.2) is 36.7 Å². The fourth-order valence-corrected chi connectivity index (χ4v) is 1.49. The van der Waals surface area contributed by atoms with E-state index in [4.69, 9.17) is 0 Å². The van der Waals surface area contributed by atoms with Crippen molar-refractivity contribution in [3.63, 3.8) is 0 Å². The van der Waals surface area contributed by atoms with E-state index in [0.717, 1.165) is 12.1 Å². The Labute approximate surface area is 101 Å². The van der Waals surface area contributed by atoms with E-state index in [9.17, 15) is 18.0 Å². The minimum absolute atomic E-state index is 0.0400. The van der Waals surface area contributed by atoms with E-state index in [1.807, 2.05) is 0 Å². The Morgan fingerprint density at radius 2 is 1.89 bits per heavy atom. The summed E-state index contributed by atoms with van der Waals surface area (Å²) in [4.78, 5) is 18.4. The maximum absolute atomic E-state index is 12.3. The lowest BCUT2D eigenvalue weighted by atomic mass is 10.1. The van der Waals surface area contributed by atoms with Gasteiger partial charge in [0.25, 0.3) is 0 Å². The standard InChI is InChI=1S/C12H9F3N2O/c13-12(14,15)9-3-1-8(2-4-9)10(18)7-11-16-5-6-17-11/h1-6H,7H2,(H,16,17). The van der Waals surface area contributed by atoms with Crippen LogP contribution < -0.4 is 0 Å². The Hall–Kier alpha value is -2.11. The Morgan fingerprint density at radius 3 is 2.39 bits per heavy atom. The van der Waals surface area contributed by atoms with Crippen LogP contribution in [0.25, 0.3) is 0 Å². The van der Waals surface area contributed by atoms with E-state index in [0.29, 0.717) is 5.82 Å². The number of rotatable bonds is 3. The molecule has 0 saturated carbocycles. The van der Waals surface area contributed by atoms with Gasteiger partial charge in [-0.1, -0.05) is 12.1 Å². The molecule has 0 unspecified atom stereocenters. The fraction of sp³-hybridized carbons (Fsp3) is 0.167. The van der Waals surface area contributed by atoms with E-state index in [2.05, 4.69) is 9.97 Å². The molecule has 0 bridgehead atoms. The van der Waals surface area contributed by atoms with Gasteiger partial charge in [-0.2, -0.15) is 13.2 Å². The van der Waals surface area contributed by atoms with Crippen molar-refractivity contribution in [2.75, 3.05) is 0 Å². The minimum Gasteiger partial charge on any atom is -0.348 e. The van der Waals surface area contributed by atoms with Gasteiger partial charge in [0.05, 0.1) is 12.0 Å². The third kappa shape index (κ3) is 2.77. The second kappa shape index (κ2) is 4.64. The Kier molecular flexibility index (Phi) is 3.18. The van der Waals surface area contributed by atoms with E-state index < -0.39 is 11.7 Å². The number of Topliss-reactive ketones (excluding diaryl/α,β-unsaturated/α-hetero) is 1. The number of benzene rings is 1. The van der Waals surface area contributed by atoms with E-state index in [-0.39, 0.29) is 17.8 Å². The molecule has 6 heteroatoms. The number of H-pyrrole nitrogens is 1. The third-order valence-corrected chi connectivity index (χ3v) is 2.42. The number of halogens is 3. The normalized spacial score (nSPS) is 11.5. The van der Waals surface area contributed by atoms with Crippen LogP contribution in [0, 0.1) is 0 Å². The van der Waals surface area contributed by atoms with Crippen molar-refractivity contribution in [2.24, 2.45) is 0 Å². The number of hydrogen-bond donors (Lipinski definition) is 1. The van der Waals surface area contributed by atoms with Crippen LogP contribution in [-0.4, -0.2) is 15.8 Å². The van der Waals surface area contributed by atoms with Crippen LogP contribution in [0.3, 0.4) is 0 Å². The molecule has 1 heterocycles. The fourth-order valence-electron chi connectivity index (χ4n) is 1.49. The van der Waals surface area contributed by atoms with Crippen molar-refractivity contribution in [3.8, 4) is 0 Å². The van der Waals surface area contributed by atoms with Crippen LogP contribution in [-0.2, 0) is 12.6 Å². The highest BCUT2D eigenvalue weighted by atomic mass is 19.4. The van der Waals surface area contributed by atoms with Gasteiger partial charge in [-0.15, -0.1) is 0 Å². The summed E-state index contributed by atoms with van der Waals surface area (Å²) in [6, 6.07) is 4.15. The van der Waals surface area contributed by atoms with Crippen molar-refractivity contribution < 1.29 is 18.0 Å². The average Bonchev–Trinajstić information content (AvgIpc) is 2.81. The molecule has 2 rings (SSSR count). The van der Waals surface area contributed by atoms with Crippen LogP contribution in [0.2, 0.25) is 0 Å². The maximum Gasteiger partial charge on any atom is 0.416 e. The molecular weight excluding hydrogens is 245 g/mol. The molecule has 2 aromatic rings. The van der Waals surface area contributed by atoms with Crippen molar-refractivity contribution in [1.82, 2.24) is 9.97 Å². The average molecular weight is 254 g/mol. The van der Waals surface area contributed by atoms with Gasteiger partial charge < -0.3 is 4.98 Å². The lowest BCUT2D eigenvalue weighted by Gasteiger charge is -2.06. The predicted octanol–water partition coefficient (Wildman–Crippen LogP) is 2.85. The molecule has 1 aromatic carbocycles. The van der Waals surface area contributed by atoms with Crippen LogP contribution in [0.4, 0.5) is 13.2 Å². The summed E-state index contributed by atoms with van der Waals surface area (Å²) in [7, 11) is 0.